The zero-order chi connectivity index (χ0) is 20.1. The Morgan fingerprint density at radius 1 is 1.11 bits per heavy atom. The van der Waals surface area contributed by atoms with Crippen LogP contribution in [-0.4, -0.2) is 38.3 Å². The van der Waals surface area contributed by atoms with Crippen LogP contribution < -0.4 is 10.1 Å². The molecule has 6 nitrogen and oxygen atoms in total. The highest BCUT2D eigenvalue weighted by atomic mass is 32.2. The molecule has 1 saturated heterocycles. The van der Waals surface area contributed by atoms with Crippen molar-refractivity contribution in [2.24, 2.45) is 0 Å². The number of nitrogens with zero attached hydrogens (tertiary/aromatic N) is 1. The fourth-order valence-corrected chi connectivity index (χ4v) is 4.84. The minimum atomic E-state index is -3.60. The number of aryl methyl sites for hydroxylation is 1. The number of rotatable bonds is 6. The normalized spacial score (nSPS) is 15.2. The third-order valence-corrected chi connectivity index (χ3v) is 6.63. The average Bonchev–Trinajstić information content (AvgIpc) is 2.69. The van der Waals surface area contributed by atoms with Crippen LogP contribution in [0.2, 0.25) is 0 Å². The van der Waals surface area contributed by atoms with E-state index in [4.69, 9.17) is 4.74 Å². The van der Waals surface area contributed by atoms with Crippen LogP contribution in [0.1, 0.15) is 24.8 Å². The van der Waals surface area contributed by atoms with Crippen LogP contribution in [-0.2, 0) is 14.8 Å². The maximum Gasteiger partial charge on any atom is 0.262 e. The predicted molar refractivity (Wildman–Crippen MR) is 104 cm³/mol. The van der Waals surface area contributed by atoms with Gasteiger partial charge in [0.05, 0.1) is 4.90 Å². The van der Waals surface area contributed by atoms with Crippen molar-refractivity contribution in [3.63, 3.8) is 0 Å². The number of nitrogens with one attached hydrogen (secondary N) is 1. The van der Waals surface area contributed by atoms with Crippen LogP contribution in [0, 0.1) is 12.7 Å². The highest BCUT2D eigenvalue weighted by molar-refractivity contribution is 7.89. The highest BCUT2D eigenvalue weighted by Gasteiger charge is 2.27. The minimum absolute atomic E-state index is 0.201. The number of amides is 1. The number of hydrogen-bond acceptors (Lipinski definition) is 4. The lowest BCUT2D eigenvalue weighted by atomic mass is 10.2. The third-order valence-electron chi connectivity index (χ3n) is 4.59. The van der Waals surface area contributed by atoms with Crippen LogP contribution in [0.15, 0.2) is 47.4 Å². The summed E-state index contributed by atoms with van der Waals surface area (Å²) in [6, 6.07) is 10.1. The number of piperidine rings is 1. The van der Waals surface area contributed by atoms with E-state index in [1.54, 1.807) is 19.1 Å². The van der Waals surface area contributed by atoms with Crippen LogP contribution >= 0.6 is 0 Å². The molecule has 150 valence electrons. The van der Waals surface area contributed by atoms with Crippen molar-refractivity contribution in [3.8, 4) is 5.75 Å². The summed E-state index contributed by atoms with van der Waals surface area (Å²) in [5.41, 5.74) is 1.01. The predicted octanol–water partition coefficient (Wildman–Crippen LogP) is 3.33. The largest absolute Gasteiger partial charge is 0.484 e. The molecule has 0 radical (unpaired) electrons. The quantitative estimate of drug-likeness (QED) is 0.799. The van der Waals surface area contributed by atoms with Gasteiger partial charge in [-0.25, -0.2) is 12.8 Å². The van der Waals surface area contributed by atoms with Gasteiger partial charge < -0.3 is 10.1 Å². The first-order chi connectivity index (χ1) is 13.4. The van der Waals surface area contributed by atoms with Crippen molar-refractivity contribution >= 4 is 21.6 Å². The molecule has 0 aromatic heterocycles. The summed E-state index contributed by atoms with van der Waals surface area (Å²) in [6.45, 7) is 2.50. The monoisotopic (exact) mass is 406 g/mol. The topological polar surface area (TPSA) is 75.7 Å². The maximum absolute atomic E-state index is 12.9. The number of halogens is 1. The molecular formula is C20H23FN2O4S. The van der Waals surface area contributed by atoms with Gasteiger partial charge in [-0.15, -0.1) is 0 Å². The van der Waals surface area contributed by atoms with Gasteiger partial charge in [-0.05, 0) is 61.7 Å². The summed E-state index contributed by atoms with van der Waals surface area (Å²) in [6.07, 6.45) is 2.75. The van der Waals surface area contributed by atoms with E-state index in [1.165, 1.54) is 34.6 Å². The van der Waals surface area contributed by atoms with Gasteiger partial charge in [0.1, 0.15) is 11.6 Å². The molecule has 2 aromatic carbocycles. The van der Waals surface area contributed by atoms with Crippen LogP contribution in [0.25, 0.3) is 0 Å². The summed E-state index contributed by atoms with van der Waals surface area (Å²) in [7, 11) is -3.60. The van der Waals surface area contributed by atoms with Crippen LogP contribution in [0.4, 0.5) is 10.1 Å². The van der Waals surface area contributed by atoms with Gasteiger partial charge >= 0.3 is 0 Å². The van der Waals surface area contributed by atoms with E-state index in [9.17, 15) is 17.6 Å². The smallest absolute Gasteiger partial charge is 0.262 e. The first-order valence-electron chi connectivity index (χ1n) is 9.15. The van der Waals surface area contributed by atoms with E-state index < -0.39 is 15.9 Å². The summed E-state index contributed by atoms with van der Waals surface area (Å²) >= 11 is 0. The van der Waals surface area contributed by atoms with Gasteiger partial charge in [0, 0.05) is 18.8 Å². The Balaban J connectivity index is 1.68. The molecule has 3 rings (SSSR count). The lowest BCUT2D eigenvalue weighted by Crippen LogP contribution is -2.36. The molecule has 0 bridgehead atoms. The van der Waals surface area contributed by atoms with Gasteiger partial charge in [0.15, 0.2) is 6.61 Å². The van der Waals surface area contributed by atoms with E-state index in [1.807, 2.05) is 0 Å². The fraction of sp³-hybridized carbons (Fsp3) is 0.350. The molecule has 28 heavy (non-hydrogen) atoms. The van der Waals surface area contributed by atoms with Crippen molar-refractivity contribution in [2.45, 2.75) is 31.1 Å². The first-order valence-corrected chi connectivity index (χ1v) is 10.6. The molecular weight excluding hydrogens is 383 g/mol. The molecule has 8 heteroatoms. The van der Waals surface area contributed by atoms with Gasteiger partial charge in [0.2, 0.25) is 10.0 Å². The van der Waals surface area contributed by atoms with Gasteiger partial charge in [-0.1, -0.05) is 12.5 Å². The molecule has 1 amide bonds. The number of ether oxygens (including phenoxy) is 1. The Kier molecular flexibility index (Phi) is 6.31. The van der Waals surface area contributed by atoms with Crippen molar-refractivity contribution in [3.05, 3.63) is 53.8 Å². The number of carbonyl (C=O) groups excluding carboxylic acids is 1. The number of hydrogen-bond donors (Lipinski definition) is 1. The van der Waals surface area contributed by atoms with Crippen molar-refractivity contribution in [2.75, 3.05) is 25.0 Å². The zero-order valence-corrected chi connectivity index (χ0v) is 16.5. The maximum atomic E-state index is 12.9. The summed E-state index contributed by atoms with van der Waals surface area (Å²) in [5.74, 6) is -0.456. The zero-order valence-electron chi connectivity index (χ0n) is 15.7. The average molecular weight is 406 g/mol. The number of carbonyl (C=O) groups is 1. The Morgan fingerprint density at radius 3 is 2.46 bits per heavy atom. The Labute approximate surface area is 164 Å². The Morgan fingerprint density at radius 2 is 1.79 bits per heavy atom. The molecule has 0 saturated carbocycles. The molecule has 1 aliphatic rings. The van der Waals surface area contributed by atoms with Gasteiger partial charge in [-0.2, -0.15) is 4.31 Å². The standard InChI is InChI=1S/C20H23FN2O4S/c1-15-5-8-17(13-19(15)28(25,26)23-11-3-2-4-12-23)22-20(24)14-27-18-9-6-16(21)7-10-18/h5-10,13H,2-4,11-12,14H2,1H3,(H,22,24). The van der Waals surface area contributed by atoms with Crippen LogP contribution in [0.3, 0.4) is 0 Å². The van der Waals surface area contributed by atoms with Crippen molar-refractivity contribution in [1.82, 2.24) is 4.31 Å². The van der Waals surface area contributed by atoms with Crippen molar-refractivity contribution < 1.29 is 22.3 Å². The second-order valence-electron chi connectivity index (χ2n) is 6.74. The molecule has 0 aliphatic carbocycles. The lowest BCUT2D eigenvalue weighted by Gasteiger charge is -2.26. The van der Waals surface area contributed by atoms with E-state index in [0.29, 0.717) is 30.1 Å². The molecule has 1 N–H and O–H groups in total. The summed E-state index contributed by atoms with van der Waals surface area (Å²) < 4.78 is 45.6. The number of sulfonamides is 1. The SMILES string of the molecule is Cc1ccc(NC(=O)COc2ccc(F)cc2)cc1S(=O)(=O)N1CCCCC1. The first kappa shape index (κ1) is 20.3. The Bertz CT molecular complexity index is 939. The second kappa shape index (κ2) is 8.70. The molecule has 2 aromatic rings. The summed E-state index contributed by atoms with van der Waals surface area (Å²) in [4.78, 5) is 12.3. The summed E-state index contributed by atoms with van der Waals surface area (Å²) in [5, 5.41) is 2.65. The minimum Gasteiger partial charge on any atom is -0.484 e. The van der Waals surface area contributed by atoms with E-state index in [2.05, 4.69) is 5.32 Å². The molecule has 0 spiro atoms. The second-order valence-corrected chi connectivity index (χ2v) is 8.64. The Hall–Kier alpha value is -2.45. The van der Waals surface area contributed by atoms with E-state index >= 15 is 0 Å². The molecule has 1 aliphatic heterocycles. The van der Waals surface area contributed by atoms with Crippen molar-refractivity contribution in [1.29, 1.82) is 0 Å². The molecule has 1 heterocycles. The highest BCUT2D eigenvalue weighted by Crippen LogP contribution is 2.26. The van der Waals surface area contributed by atoms with Gasteiger partial charge in [0.25, 0.3) is 5.91 Å². The molecule has 1 fully saturated rings. The van der Waals surface area contributed by atoms with Gasteiger partial charge in [-0.3, -0.25) is 4.79 Å². The van der Waals surface area contributed by atoms with Crippen LogP contribution in [0.5, 0.6) is 5.75 Å². The molecule has 0 atom stereocenters. The fourth-order valence-electron chi connectivity index (χ4n) is 3.08. The van der Waals surface area contributed by atoms with E-state index in [0.717, 1.165) is 19.3 Å². The number of benzene rings is 2. The van der Waals surface area contributed by atoms with E-state index in [-0.39, 0.29) is 17.3 Å². The lowest BCUT2D eigenvalue weighted by molar-refractivity contribution is -0.118. The third kappa shape index (κ3) is 4.88. The molecule has 0 unspecified atom stereocenters. The number of anilines is 1.